The first-order valence-electron chi connectivity index (χ1n) is 6.20. The van der Waals surface area contributed by atoms with E-state index in [0.29, 0.717) is 12.5 Å². The maximum Gasteiger partial charge on any atom is 0.224 e. The Morgan fingerprint density at radius 1 is 1.56 bits per heavy atom. The predicted molar refractivity (Wildman–Crippen MR) is 73.6 cm³/mol. The van der Waals surface area contributed by atoms with Crippen molar-refractivity contribution in [3.8, 4) is 0 Å². The minimum atomic E-state index is -0.335. The standard InChI is InChI=1S/C14H19ClN2O/c1-14(2,8-16)17-13(18)12-7-11(12)9-4-3-5-10(15)6-9/h3-6,11-12H,7-8,16H2,1-2H3,(H,17,18). The van der Waals surface area contributed by atoms with E-state index in [4.69, 9.17) is 17.3 Å². The fourth-order valence-electron chi connectivity index (χ4n) is 2.07. The lowest BCUT2D eigenvalue weighted by Gasteiger charge is -2.24. The Morgan fingerprint density at radius 2 is 2.28 bits per heavy atom. The SMILES string of the molecule is CC(C)(CN)NC(=O)C1CC1c1cccc(Cl)c1. The van der Waals surface area contributed by atoms with Gasteiger partial charge < -0.3 is 11.1 Å². The molecule has 98 valence electrons. The minimum absolute atomic E-state index is 0.0642. The van der Waals surface area contributed by atoms with Crippen molar-refractivity contribution in [2.24, 2.45) is 11.7 Å². The lowest BCUT2D eigenvalue weighted by molar-refractivity contribution is -0.123. The van der Waals surface area contributed by atoms with Crippen molar-refractivity contribution in [3.63, 3.8) is 0 Å². The molecule has 3 N–H and O–H groups in total. The molecule has 0 spiro atoms. The smallest absolute Gasteiger partial charge is 0.224 e. The fourth-order valence-corrected chi connectivity index (χ4v) is 2.27. The zero-order valence-corrected chi connectivity index (χ0v) is 11.5. The van der Waals surface area contributed by atoms with Gasteiger partial charge in [-0.3, -0.25) is 4.79 Å². The Bertz CT molecular complexity index is 459. The number of halogens is 1. The normalized spacial score (nSPS) is 22.7. The van der Waals surface area contributed by atoms with Crippen molar-refractivity contribution in [3.05, 3.63) is 34.9 Å². The van der Waals surface area contributed by atoms with Gasteiger partial charge in [0.2, 0.25) is 5.91 Å². The molecule has 1 aliphatic rings. The van der Waals surface area contributed by atoms with Crippen LogP contribution in [0.2, 0.25) is 5.02 Å². The number of hydrogen-bond donors (Lipinski definition) is 2. The fraction of sp³-hybridized carbons (Fsp3) is 0.500. The Morgan fingerprint density at radius 3 is 2.89 bits per heavy atom. The van der Waals surface area contributed by atoms with E-state index in [1.165, 1.54) is 0 Å². The molecule has 1 fully saturated rings. The van der Waals surface area contributed by atoms with Crippen LogP contribution in [0.25, 0.3) is 0 Å². The van der Waals surface area contributed by atoms with E-state index >= 15 is 0 Å². The second kappa shape index (κ2) is 4.90. The molecule has 0 heterocycles. The summed E-state index contributed by atoms with van der Waals surface area (Å²) in [6.07, 6.45) is 0.896. The van der Waals surface area contributed by atoms with Crippen LogP contribution in [0.15, 0.2) is 24.3 Å². The molecule has 0 aromatic heterocycles. The summed E-state index contributed by atoms with van der Waals surface area (Å²) in [5.74, 6) is 0.460. The topological polar surface area (TPSA) is 55.1 Å². The van der Waals surface area contributed by atoms with E-state index in [2.05, 4.69) is 5.32 Å². The third-order valence-corrected chi connectivity index (χ3v) is 3.61. The van der Waals surface area contributed by atoms with Crippen LogP contribution in [-0.2, 0) is 4.79 Å². The van der Waals surface area contributed by atoms with Gasteiger partial charge in [-0.25, -0.2) is 0 Å². The average Bonchev–Trinajstić information content (AvgIpc) is 3.08. The van der Waals surface area contributed by atoms with Crippen LogP contribution >= 0.6 is 11.6 Å². The molecule has 3 nitrogen and oxygen atoms in total. The first-order valence-corrected chi connectivity index (χ1v) is 6.58. The van der Waals surface area contributed by atoms with E-state index in [0.717, 1.165) is 17.0 Å². The summed E-state index contributed by atoms with van der Waals surface area (Å²) < 4.78 is 0. The Hall–Kier alpha value is -1.06. The van der Waals surface area contributed by atoms with Crippen LogP contribution in [0.3, 0.4) is 0 Å². The van der Waals surface area contributed by atoms with Gasteiger partial charge in [-0.15, -0.1) is 0 Å². The molecule has 4 heteroatoms. The van der Waals surface area contributed by atoms with Gasteiger partial charge in [0.15, 0.2) is 0 Å². The summed E-state index contributed by atoms with van der Waals surface area (Å²) in [4.78, 5) is 12.0. The second-order valence-electron chi connectivity index (χ2n) is 5.58. The molecule has 18 heavy (non-hydrogen) atoms. The largest absolute Gasteiger partial charge is 0.350 e. The van der Waals surface area contributed by atoms with Crippen molar-refractivity contribution in [2.45, 2.75) is 31.7 Å². The summed E-state index contributed by atoms with van der Waals surface area (Å²) in [5.41, 5.74) is 6.42. The van der Waals surface area contributed by atoms with Gasteiger partial charge in [0.05, 0.1) is 0 Å². The minimum Gasteiger partial charge on any atom is -0.350 e. The summed E-state index contributed by atoms with van der Waals surface area (Å²) >= 11 is 5.96. The monoisotopic (exact) mass is 266 g/mol. The third kappa shape index (κ3) is 3.03. The highest BCUT2D eigenvalue weighted by atomic mass is 35.5. The number of carbonyl (C=O) groups is 1. The van der Waals surface area contributed by atoms with Crippen LogP contribution in [0, 0.1) is 5.92 Å². The number of rotatable bonds is 4. The van der Waals surface area contributed by atoms with Gasteiger partial charge in [0.25, 0.3) is 0 Å². The molecule has 1 saturated carbocycles. The molecular formula is C14H19ClN2O. The van der Waals surface area contributed by atoms with Crippen molar-refractivity contribution < 1.29 is 4.79 Å². The molecule has 0 saturated heterocycles. The van der Waals surface area contributed by atoms with Crippen molar-refractivity contribution in [1.29, 1.82) is 0 Å². The summed E-state index contributed by atoms with van der Waals surface area (Å²) in [6.45, 7) is 4.30. The van der Waals surface area contributed by atoms with E-state index < -0.39 is 0 Å². The number of nitrogens with one attached hydrogen (secondary N) is 1. The lowest BCUT2D eigenvalue weighted by atomic mass is 10.0. The number of benzene rings is 1. The Balaban J connectivity index is 1.97. The Kier molecular flexibility index (Phi) is 3.64. The van der Waals surface area contributed by atoms with Gasteiger partial charge in [0.1, 0.15) is 0 Å². The van der Waals surface area contributed by atoms with Crippen LogP contribution in [0.5, 0.6) is 0 Å². The Labute approximate surface area is 113 Å². The molecule has 2 unspecified atom stereocenters. The van der Waals surface area contributed by atoms with Gasteiger partial charge >= 0.3 is 0 Å². The quantitative estimate of drug-likeness (QED) is 0.879. The first-order chi connectivity index (χ1) is 8.43. The highest BCUT2D eigenvalue weighted by Gasteiger charge is 2.44. The molecule has 1 aliphatic carbocycles. The zero-order valence-electron chi connectivity index (χ0n) is 10.7. The van der Waals surface area contributed by atoms with Gasteiger partial charge in [-0.2, -0.15) is 0 Å². The van der Waals surface area contributed by atoms with Gasteiger partial charge in [0, 0.05) is 23.0 Å². The average molecular weight is 267 g/mol. The summed E-state index contributed by atoms with van der Waals surface area (Å²) in [6, 6.07) is 7.74. The molecule has 1 amide bonds. The van der Waals surface area contributed by atoms with Crippen LogP contribution < -0.4 is 11.1 Å². The van der Waals surface area contributed by atoms with E-state index in [-0.39, 0.29) is 17.4 Å². The van der Waals surface area contributed by atoms with Crippen LogP contribution in [-0.4, -0.2) is 18.0 Å². The molecule has 1 aromatic carbocycles. The van der Waals surface area contributed by atoms with Crippen molar-refractivity contribution in [2.75, 3.05) is 6.54 Å². The first kappa shape index (κ1) is 13.4. The zero-order chi connectivity index (χ0) is 13.3. The molecule has 0 radical (unpaired) electrons. The highest BCUT2D eigenvalue weighted by molar-refractivity contribution is 6.30. The van der Waals surface area contributed by atoms with E-state index in [1.54, 1.807) is 0 Å². The predicted octanol–water partition coefficient (Wildman–Crippen LogP) is 2.30. The summed E-state index contributed by atoms with van der Waals surface area (Å²) in [5, 5.41) is 3.71. The molecule has 0 bridgehead atoms. The van der Waals surface area contributed by atoms with Crippen LogP contribution in [0.1, 0.15) is 31.7 Å². The maximum absolute atomic E-state index is 12.0. The molecular weight excluding hydrogens is 248 g/mol. The number of nitrogens with two attached hydrogens (primary N) is 1. The maximum atomic E-state index is 12.0. The van der Waals surface area contributed by atoms with E-state index in [1.807, 2.05) is 38.1 Å². The lowest BCUT2D eigenvalue weighted by Crippen LogP contribution is -2.49. The molecule has 2 rings (SSSR count). The molecule has 0 aliphatic heterocycles. The molecule has 1 aromatic rings. The summed E-state index contributed by atoms with van der Waals surface area (Å²) in [7, 11) is 0. The number of carbonyl (C=O) groups excluding carboxylic acids is 1. The van der Waals surface area contributed by atoms with Gasteiger partial charge in [-0.1, -0.05) is 23.7 Å². The molecule has 2 atom stereocenters. The van der Waals surface area contributed by atoms with E-state index in [9.17, 15) is 4.79 Å². The highest BCUT2D eigenvalue weighted by Crippen LogP contribution is 2.48. The van der Waals surface area contributed by atoms with Gasteiger partial charge in [-0.05, 0) is 43.9 Å². The second-order valence-corrected chi connectivity index (χ2v) is 6.02. The number of amides is 1. The van der Waals surface area contributed by atoms with Crippen molar-refractivity contribution in [1.82, 2.24) is 5.32 Å². The van der Waals surface area contributed by atoms with Crippen LogP contribution in [0.4, 0.5) is 0 Å². The number of hydrogen-bond acceptors (Lipinski definition) is 2. The van der Waals surface area contributed by atoms with Crippen molar-refractivity contribution >= 4 is 17.5 Å². The third-order valence-electron chi connectivity index (χ3n) is 3.38.